The van der Waals surface area contributed by atoms with Crippen LogP contribution in [0.15, 0.2) is 42.5 Å². The lowest BCUT2D eigenvalue weighted by Crippen LogP contribution is -2.38. The first-order chi connectivity index (χ1) is 13.6. The average molecular weight is 379 g/mol. The van der Waals surface area contributed by atoms with Crippen LogP contribution < -0.4 is 4.74 Å². The van der Waals surface area contributed by atoms with E-state index < -0.39 is 0 Å². The van der Waals surface area contributed by atoms with Gasteiger partial charge in [-0.2, -0.15) is 0 Å². The fourth-order valence-corrected chi connectivity index (χ4v) is 3.64. The summed E-state index contributed by atoms with van der Waals surface area (Å²) in [6.07, 6.45) is 0. The maximum absolute atomic E-state index is 12.2. The molecule has 3 aromatic rings. The number of ketones is 1. The van der Waals surface area contributed by atoms with E-state index >= 15 is 0 Å². The Labute approximate surface area is 164 Å². The van der Waals surface area contributed by atoms with E-state index in [9.17, 15) is 4.79 Å². The Kier molecular flexibility index (Phi) is 5.41. The molecule has 0 bridgehead atoms. The van der Waals surface area contributed by atoms with Gasteiger partial charge in [0.1, 0.15) is 12.2 Å². The van der Waals surface area contributed by atoms with E-state index in [0.29, 0.717) is 18.1 Å². The smallest absolute Gasteiger partial charge is 0.244 e. The minimum absolute atomic E-state index is 0.0362. The summed E-state index contributed by atoms with van der Waals surface area (Å²) in [5.74, 6) is 0.373. The topological polar surface area (TPSA) is 56.6 Å². The zero-order valence-electron chi connectivity index (χ0n) is 16.4. The van der Waals surface area contributed by atoms with Gasteiger partial charge in [0.05, 0.1) is 24.6 Å². The Morgan fingerprint density at radius 3 is 2.64 bits per heavy atom. The number of benzene rings is 2. The van der Waals surface area contributed by atoms with Crippen molar-refractivity contribution in [1.29, 1.82) is 0 Å². The van der Waals surface area contributed by atoms with Crippen molar-refractivity contribution in [2.24, 2.45) is 0 Å². The molecule has 0 radical (unpaired) electrons. The monoisotopic (exact) mass is 379 g/mol. The van der Waals surface area contributed by atoms with Crippen LogP contribution in [0.2, 0.25) is 0 Å². The van der Waals surface area contributed by atoms with E-state index in [1.165, 1.54) is 5.39 Å². The molecule has 0 amide bonds. The highest BCUT2D eigenvalue weighted by molar-refractivity contribution is 5.97. The number of ether oxygens (including phenoxy) is 2. The van der Waals surface area contributed by atoms with Crippen molar-refractivity contribution in [1.82, 2.24) is 14.7 Å². The minimum Gasteiger partial charge on any atom is -0.475 e. The van der Waals surface area contributed by atoms with Gasteiger partial charge in [-0.05, 0) is 36.8 Å². The number of Topliss-reactive ketones (excluding diaryl/α,β-unsaturated/α-hetero) is 1. The fourth-order valence-electron chi connectivity index (χ4n) is 3.64. The molecule has 1 aliphatic rings. The van der Waals surface area contributed by atoms with E-state index in [0.717, 1.165) is 49.6 Å². The molecule has 0 N–H and O–H groups in total. The van der Waals surface area contributed by atoms with E-state index in [2.05, 4.69) is 34.3 Å². The van der Waals surface area contributed by atoms with Crippen molar-refractivity contribution >= 4 is 16.6 Å². The maximum atomic E-state index is 12.2. The summed E-state index contributed by atoms with van der Waals surface area (Å²) >= 11 is 0. The molecule has 0 atom stereocenters. The highest BCUT2D eigenvalue weighted by Crippen LogP contribution is 2.26. The molecule has 28 heavy (non-hydrogen) atoms. The molecule has 0 aliphatic carbocycles. The van der Waals surface area contributed by atoms with Crippen LogP contribution in [0.1, 0.15) is 23.0 Å². The SMILES string of the molecule is CC(=O)c1c(OCCN2CCOCC2)nn(-c2ccc3ccccc3c2)c1C. The second-order valence-corrected chi connectivity index (χ2v) is 7.07. The number of nitrogens with zero attached hydrogens (tertiary/aromatic N) is 3. The molecule has 1 fully saturated rings. The van der Waals surface area contributed by atoms with Gasteiger partial charge in [-0.25, -0.2) is 4.68 Å². The fraction of sp³-hybridized carbons (Fsp3) is 0.364. The summed E-state index contributed by atoms with van der Waals surface area (Å²) in [6, 6.07) is 14.4. The van der Waals surface area contributed by atoms with E-state index in [-0.39, 0.29) is 5.78 Å². The lowest BCUT2D eigenvalue weighted by atomic mass is 10.1. The first kappa shape index (κ1) is 18.7. The van der Waals surface area contributed by atoms with Crippen molar-refractivity contribution in [3.05, 3.63) is 53.7 Å². The number of aromatic nitrogens is 2. The Balaban J connectivity index is 1.59. The molecule has 1 aromatic heterocycles. The Hall–Kier alpha value is -2.70. The summed E-state index contributed by atoms with van der Waals surface area (Å²) in [5, 5.41) is 6.93. The maximum Gasteiger partial charge on any atom is 0.244 e. The average Bonchev–Trinajstić information content (AvgIpc) is 3.05. The second-order valence-electron chi connectivity index (χ2n) is 7.07. The lowest BCUT2D eigenvalue weighted by Gasteiger charge is -2.26. The van der Waals surface area contributed by atoms with Crippen LogP contribution in [0.3, 0.4) is 0 Å². The largest absolute Gasteiger partial charge is 0.475 e. The number of hydrogen-bond donors (Lipinski definition) is 0. The zero-order valence-corrected chi connectivity index (χ0v) is 16.4. The number of carbonyl (C=O) groups excluding carboxylic acids is 1. The number of hydrogen-bond acceptors (Lipinski definition) is 5. The van der Waals surface area contributed by atoms with Crippen molar-refractivity contribution in [3.8, 4) is 11.6 Å². The summed E-state index contributed by atoms with van der Waals surface area (Å²) < 4.78 is 13.1. The molecule has 1 saturated heterocycles. The Bertz CT molecular complexity index is 990. The molecule has 146 valence electrons. The highest BCUT2D eigenvalue weighted by Gasteiger charge is 2.21. The first-order valence-electron chi connectivity index (χ1n) is 9.66. The predicted molar refractivity (Wildman–Crippen MR) is 109 cm³/mol. The van der Waals surface area contributed by atoms with Crippen molar-refractivity contribution in [2.45, 2.75) is 13.8 Å². The summed E-state index contributed by atoms with van der Waals surface area (Å²) in [7, 11) is 0. The molecule has 0 spiro atoms. The van der Waals surface area contributed by atoms with Crippen LogP contribution in [-0.2, 0) is 4.74 Å². The Morgan fingerprint density at radius 2 is 1.89 bits per heavy atom. The first-order valence-corrected chi connectivity index (χ1v) is 9.66. The van der Waals surface area contributed by atoms with Gasteiger partial charge in [0, 0.05) is 19.6 Å². The normalized spacial score (nSPS) is 15.1. The molecule has 0 saturated carbocycles. The van der Waals surface area contributed by atoms with E-state index in [4.69, 9.17) is 9.47 Å². The molecule has 0 unspecified atom stereocenters. The minimum atomic E-state index is -0.0362. The third kappa shape index (κ3) is 3.79. The van der Waals surface area contributed by atoms with Gasteiger partial charge in [-0.1, -0.05) is 30.3 Å². The third-order valence-electron chi connectivity index (χ3n) is 5.16. The standard InChI is InChI=1S/C22H25N3O3/c1-16-21(17(2)26)22(28-14-11-24-9-12-27-13-10-24)23-25(16)20-8-7-18-5-3-4-6-19(18)15-20/h3-8,15H,9-14H2,1-2H3. The van der Waals surface area contributed by atoms with E-state index in [1.807, 2.05) is 25.1 Å². The van der Waals surface area contributed by atoms with Crippen LogP contribution in [-0.4, -0.2) is 59.9 Å². The quantitative estimate of drug-likeness (QED) is 0.616. The highest BCUT2D eigenvalue weighted by atomic mass is 16.5. The van der Waals surface area contributed by atoms with Crippen LogP contribution in [0.4, 0.5) is 0 Å². The van der Waals surface area contributed by atoms with Crippen LogP contribution in [0, 0.1) is 6.92 Å². The van der Waals surface area contributed by atoms with Crippen LogP contribution >= 0.6 is 0 Å². The zero-order chi connectivity index (χ0) is 19.5. The molecule has 4 rings (SSSR count). The predicted octanol–water partition coefficient (Wildman–Crippen LogP) is 3.25. The molecule has 2 heterocycles. The molecule has 6 heteroatoms. The van der Waals surface area contributed by atoms with Gasteiger partial charge in [-0.15, -0.1) is 5.10 Å². The molecular formula is C22H25N3O3. The molecule has 2 aromatic carbocycles. The lowest BCUT2D eigenvalue weighted by molar-refractivity contribution is 0.0319. The molecule has 1 aliphatic heterocycles. The summed E-state index contributed by atoms with van der Waals surface area (Å²) in [5.41, 5.74) is 2.26. The van der Waals surface area contributed by atoms with Gasteiger partial charge in [-0.3, -0.25) is 9.69 Å². The third-order valence-corrected chi connectivity index (χ3v) is 5.16. The van der Waals surface area contributed by atoms with Crippen molar-refractivity contribution in [2.75, 3.05) is 39.5 Å². The van der Waals surface area contributed by atoms with Gasteiger partial charge < -0.3 is 9.47 Å². The van der Waals surface area contributed by atoms with Gasteiger partial charge in [0.25, 0.3) is 0 Å². The number of rotatable bonds is 6. The second kappa shape index (κ2) is 8.12. The van der Waals surface area contributed by atoms with Crippen molar-refractivity contribution < 1.29 is 14.3 Å². The molecule has 6 nitrogen and oxygen atoms in total. The summed E-state index contributed by atoms with van der Waals surface area (Å²) in [4.78, 5) is 14.5. The molecular weight excluding hydrogens is 354 g/mol. The number of fused-ring (bicyclic) bond motifs is 1. The van der Waals surface area contributed by atoms with Crippen LogP contribution in [0.5, 0.6) is 5.88 Å². The van der Waals surface area contributed by atoms with Crippen LogP contribution in [0.25, 0.3) is 16.5 Å². The van der Waals surface area contributed by atoms with Crippen molar-refractivity contribution in [3.63, 3.8) is 0 Å². The summed E-state index contributed by atoms with van der Waals surface area (Å²) in [6.45, 7) is 8.10. The number of carbonyl (C=O) groups is 1. The van der Waals surface area contributed by atoms with Gasteiger partial charge in [0.2, 0.25) is 5.88 Å². The Morgan fingerprint density at radius 1 is 1.14 bits per heavy atom. The number of morpholine rings is 1. The van der Waals surface area contributed by atoms with Gasteiger partial charge in [0.15, 0.2) is 5.78 Å². The van der Waals surface area contributed by atoms with Gasteiger partial charge >= 0.3 is 0 Å². The van der Waals surface area contributed by atoms with E-state index in [1.54, 1.807) is 11.6 Å².